The number of carboxylic acid groups (broad SMARTS) is 1. The maximum Gasteiger partial charge on any atom is 0.407 e. The molecule has 36 heavy (non-hydrogen) atoms. The summed E-state index contributed by atoms with van der Waals surface area (Å²) in [6, 6.07) is 11.4. The maximum atomic E-state index is 14.6. The minimum absolute atomic E-state index is 0.0666. The van der Waals surface area contributed by atoms with E-state index in [0.717, 1.165) is 5.56 Å². The third-order valence-corrected chi connectivity index (χ3v) is 6.47. The van der Waals surface area contributed by atoms with Crippen LogP contribution in [0, 0.1) is 11.7 Å². The fourth-order valence-electron chi connectivity index (χ4n) is 4.58. The first kappa shape index (κ1) is 23.5. The Morgan fingerprint density at radius 1 is 1.19 bits per heavy atom. The quantitative estimate of drug-likeness (QED) is 0.458. The Bertz CT molecular complexity index is 1250. The lowest BCUT2D eigenvalue weighted by atomic mass is 9.80. The van der Waals surface area contributed by atoms with E-state index >= 15 is 0 Å². The molecule has 0 unspecified atom stereocenters. The largest absolute Gasteiger partial charge is 0.493 e. The lowest BCUT2D eigenvalue weighted by Crippen LogP contribution is -2.44. The minimum Gasteiger partial charge on any atom is -0.493 e. The number of fused-ring (bicyclic) bond motifs is 1. The smallest absolute Gasteiger partial charge is 0.407 e. The molecule has 11 heteroatoms. The molecular formula is C25H25FN4O6. The Hall–Kier alpha value is -4.28. The van der Waals surface area contributed by atoms with E-state index in [9.17, 15) is 19.1 Å². The number of aromatic nitrogens is 2. The van der Waals surface area contributed by atoms with Crippen LogP contribution in [0.15, 0.2) is 48.7 Å². The molecule has 2 aliphatic heterocycles. The van der Waals surface area contributed by atoms with Crippen LogP contribution in [0.4, 0.5) is 9.18 Å². The average Bonchev–Trinajstić information content (AvgIpc) is 3.58. The van der Waals surface area contributed by atoms with Crippen LogP contribution in [0.25, 0.3) is 0 Å². The molecule has 3 N–H and O–H groups in total. The van der Waals surface area contributed by atoms with Crippen LogP contribution in [-0.2, 0) is 6.54 Å². The number of piperidine rings is 1. The summed E-state index contributed by atoms with van der Waals surface area (Å²) in [5.41, 5.74) is 1.39. The zero-order valence-corrected chi connectivity index (χ0v) is 19.3. The number of nitrogens with zero attached hydrogens (tertiary/aromatic N) is 2. The van der Waals surface area contributed by atoms with Gasteiger partial charge >= 0.3 is 6.09 Å². The van der Waals surface area contributed by atoms with Crippen molar-refractivity contribution in [2.24, 2.45) is 5.92 Å². The van der Waals surface area contributed by atoms with Crippen molar-refractivity contribution in [3.8, 4) is 17.2 Å². The number of amides is 2. The third kappa shape index (κ3) is 5.04. The monoisotopic (exact) mass is 496 g/mol. The number of hydrogen-bond donors (Lipinski definition) is 3. The van der Waals surface area contributed by atoms with Gasteiger partial charge in [0.25, 0.3) is 5.91 Å². The van der Waals surface area contributed by atoms with Gasteiger partial charge in [-0.2, -0.15) is 5.10 Å². The summed E-state index contributed by atoms with van der Waals surface area (Å²) in [7, 11) is 0. The first-order valence-corrected chi connectivity index (χ1v) is 11.5. The van der Waals surface area contributed by atoms with Crippen molar-refractivity contribution in [2.75, 3.05) is 26.5 Å². The number of ether oxygens (including phenoxy) is 3. The molecule has 2 amide bonds. The molecule has 3 heterocycles. The van der Waals surface area contributed by atoms with Crippen molar-refractivity contribution in [2.45, 2.75) is 18.9 Å². The van der Waals surface area contributed by atoms with Crippen LogP contribution in [0.3, 0.4) is 0 Å². The number of carbonyl (C=O) groups is 2. The minimum atomic E-state index is -1.00. The Morgan fingerprint density at radius 3 is 2.86 bits per heavy atom. The molecule has 1 saturated heterocycles. The first-order chi connectivity index (χ1) is 17.5. The van der Waals surface area contributed by atoms with Gasteiger partial charge in [0.1, 0.15) is 11.6 Å². The van der Waals surface area contributed by atoms with E-state index in [1.165, 1.54) is 11.0 Å². The van der Waals surface area contributed by atoms with Gasteiger partial charge in [-0.05, 0) is 48.2 Å². The summed E-state index contributed by atoms with van der Waals surface area (Å²) in [6.45, 7) is 1.15. The second-order valence-electron chi connectivity index (χ2n) is 8.71. The summed E-state index contributed by atoms with van der Waals surface area (Å²) in [5.74, 6) is 0.283. The van der Waals surface area contributed by atoms with E-state index in [2.05, 4.69) is 15.5 Å². The van der Waals surface area contributed by atoms with Gasteiger partial charge < -0.3 is 29.5 Å². The fourth-order valence-corrected chi connectivity index (χ4v) is 4.58. The number of nitrogens with one attached hydrogen (secondary N) is 2. The molecule has 188 valence electrons. The van der Waals surface area contributed by atoms with Gasteiger partial charge in [-0.3, -0.25) is 9.89 Å². The second-order valence-corrected chi connectivity index (χ2v) is 8.71. The van der Waals surface area contributed by atoms with Crippen molar-refractivity contribution in [3.63, 3.8) is 0 Å². The number of rotatable bonds is 7. The van der Waals surface area contributed by atoms with Crippen molar-refractivity contribution in [3.05, 3.63) is 71.3 Å². The lowest BCUT2D eigenvalue weighted by Gasteiger charge is -2.37. The molecule has 0 spiro atoms. The number of carbonyl (C=O) groups excluding carboxylic acids is 1. The van der Waals surface area contributed by atoms with E-state index in [4.69, 9.17) is 14.2 Å². The van der Waals surface area contributed by atoms with E-state index in [1.54, 1.807) is 42.6 Å². The molecule has 1 fully saturated rings. The number of hydrogen-bond acceptors (Lipinski definition) is 6. The van der Waals surface area contributed by atoms with E-state index < -0.39 is 17.8 Å². The highest BCUT2D eigenvalue weighted by Crippen LogP contribution is 2.37. The number of H-pyrrole nitrogens is 1. The van der Waals surface area contributed by atoms with Crippen LogP contribution < -0.4 is 19.5 Å². The predicted octanol–water partition coefficient (Wildman–Crippen LogP) is 3.37. The number of halogens is 1. The average molecular weight is 496 g/mol. The lowest BCUT2D eigenvalue weighted by molar-refractivity contribution is 0.0937. The van der Waals surface area contributed by atoms with Crippen molar-refractivity contribution in [1.29, 1.82) is 0 Å². The second kappa shape index (κ2) is 10.1. The van der Waals surface area contributed by atoms with Gasteiger partial charge in [0.15, 0.2) is 11.5 Å². The standard InChI is InChI=1S/C25H25FN4O6/c26-21-3-1-15(9-20(21)24(31)27-11-17-5-7-28-29-17)19-6-8-30(25(32)33)12-16(19)13-34-18-2-4-22-23(10-18)36-14-35-22/h1-5,7,9-10,16,19H,6,8,11-14H2,(H,27,31)(H,28,29)(H,32,33)/t16-,19-/m0/s1. The first-order valence-electron chi connectivity index (χ1n) is 11.5. The molecule has 1 aromatic heterocycles. The van der Waals surface area contributed by atoms with Crippen LogP contribution >= 0.6 is 0 Å². The molecule has 2 aromatic carbocycles. The molecule has 0 bridgehead atoms. The van der Waals surface area contributed by atoms with E-state index in [1.807, 2.05) is 0 Å². The Balaban J connectivity index is 1.33. The van der Waals surface area contributed by atoms with E-state index in [-0.39, 0.29) is 43.9 Å². The van der Waals surface area contributed by atoms with Gasteiger partial charge in [0.2, 0.25) is 6.79 Å². The summed E-state index contributed by atoms with van der Waals surface area (Å²) in [5, 5.41) is 18.8. The predicted molar refractivity (Wildman–Crippen MR) is 125 cm³/mol. The highest BCUT2D eigenvalue weighted by Gasteiger charge is 2.34. The van der Waals surface area contributed by atoms with Crippen LogP contribution in [0.1, 0.15) is 34.0 Å². The highest BCUT2D eigenvalue weighted by molar-refractivity contribution is 5.94. The molecule has 0 radical (unpaired) electrons. The van der Waals surface area contributed by atoms with Crippen molar-refractivity contribution < 1.29 is 33.3 Å². The van der Waals surface area contributed by atoms with Crippen LogP contribution in [-0.4, -0.2) is 58.7 Å². The molecular weight excluding hydrogens is 471 g/mol. The molecule has 2 atom stereocenters. The Kier molecular flexibility index (Phi) is 6.61. The number of benzene rings is 2. The van der Waals surface area contributed by atoms with Gasteiger partial charge in [0.05, 0.1) is 24.4 Å². The topological polar surface area (TPSA) is 126 Å². The normalized spacial score (nSPS) is 18.6. The summed E-state index contributed by atoms with van der Waals surface area (Å²) in [6.07, 6.45) is 1.08. The van der Waals surface area contributed by atoms with Crippen molar-refractivity contribution >= 4 is 12.0 Å². The fraction of sp³-hybridized carbons (Fsp3) is 0.320. The number of aromatic amines is 1. The SMILES string of the molecule is O=C(NCc1ccn[nH]1)c1cc([C@@H]2CCN(C(=O)O)C[C@H]2COc2ccc3c(c2)OCO3)ccc1F. The van der Waals surface area contributed by atoms with Crippen molar-refractivity contribution in [1.82, 2.24) is 20.4 Å². The Morgan fingerprint density at radius 2 is 2.06 bits per heavy atom. The molecule has 0 aliphatic carbocycles. The molecule has 3 aromatic rings. The zero-order valence-electron chi connectivity index (χ0n) is 19.3. The van der Waals surface area contributed by atoms with Crippen LogP contribution in [0.2, 0.25) is 0 Å². The summed E-state index contributed by atoms with van der Waals surface area (Å²) in [4.78, 5) is 25.7. The molecule has 10 nitrogen and oxygen atoms in total. The van der Waals surface area contributed by atoms with Gasteiger partial charge in [-0.15, -0.1) is 0 Å². The molecule has 5 rings (SSSR count). The summed E-state index contributed by atoms with van der Waals surface area (Å²) >= 11 is 0. The van der Waals surface area contributed by atoms with Crippen LogP contribution in [0.5, 0.6) is 17.2 Å². The van der Waals surface area contributed by atoms with Gasteiger partial charge in [0, 0.05) is 31.3 Å². The van der Waals surface area contributed by atoms with Gasteiger partial charge in [-0.1, -0.05) is 6.07 Å². The Labute approximate surface area is 206 Å². The third-order valence-electron chi connectivity index (χ3n) is 6.47. The highest BCUT2D eigenvalue weighted by atomic mass is 19.1. The number of likely N-dealkylation sites (tertiary alicyclic amines) is 1. The summed E-state index contributed by atoms with van der Waals surface area (Å²) < 4.78 is 31.3. The molecule has 2 aliphatic rings. The maximum absolute atomic E-state index is 14.6. The zero-order chi connectivity index (χ0) is 25.1. The van der Waals surface area contributed by atoms with E-state index in [0.29, 0.717) is 35.9 Å². The molecule has 0 saturated carbocycles. The van der Waals surface area contributed by atoms with Gasteiger partial charge in [-0.25, -0.2) is 9.18 Å².